The standard InChI is InChI=1S/C73H46N2/c1-2-16-51(17-3-1)75-71-29-15-11-25-64(71)66-44-50(36-43-72(66)75)49-32-30-47(31-33-49)48-34-37-52(38-35-48)74(53-39-41-59-57-20-5-4-18-55(57)56-19-6-7-21-58(56)65(59)45-53)54-40-42-63-62-24-10-14-28-69(62)73(70(63)46-54)67-26-12-8-22-60(67)61-23-9-13-27-68(61)73/h1-46H. The Labute approximate surface area is 435 Å². The number of para-hydroxylation sites is 2. The predicted molar refractivity (Wildman–Crippen MR) is 315 cm³/mol. The summed E-state index contributed by atoms with van der Waals surface area (Å²) in [5.74, 6) is 0. The van der Waals surface area contributed by atoms with Gasteiger partial charge in [-0.25, -0.2) is 0 Å². The van der Waals surface area contributed by atoms with Crippen molar-refractivity contribution in [3.63, 3.8) is 0 Å². The van der Waals surface area contributed by atoms with Gasteiger partial charge in [-0.1, -0.05) is 212 Å². The minimum atomic E-state index is -0.456. The highest BCUT2D eigenvalue weighted by molar-refractivity contribution is 6.26. The van der Waals surface area contributed by atoms with E-state index in [2.05, 4.69) is 289 Å². The molecule has 0 aliphatic heterocycles. The van der Waals surface area contributed by atoms with E-state index in [1.807, 2.05) is 0 Å². The normalized spacial score (nSPS) is 12.9. The highest BCUT2D eigenvalue weighted by Gasteiger charge is 2.51. The Bertz CT molecular complexity index is 4540. The van der Waals surface area contributed by atoms with Crippen molar-refractivity contribution in [1.29, 1.82) is 0 Å². The van der Waals surface area contributed by atoms with Crippen LogP contribution in [-0.4, -0.2) is 4.57 Å². The first-order chi connectivity index (χ1) is 37.2. The average Bonchev–Trinajstić information content (AvgIpc) is 4.29. The molecule has 0 N–H and O–H groups in total. The van der Waals surface area contributed by atoms with Gasteiger partial charge < -0.3 is 9.47 Å². The molecular formula is C73H46N2. The predicted octanol–water partition coefficient (Wildman–Crippen LogP) is 19.4. The molecule has 0 amide bonds. The lowest BCUT2D eigenvalue weighted by atomic mass is 9.70. The van der Waals surface area contributed by atoms with Gasteiger partial charge in [0.1, 0.15) is 0 Å². The molecule has 0 fully saturated rings. The molecule has 2 aliphatic rings. The molecule has 0 bridgehead atoms. The van der Waals surface area contributed by atoms with Crippen molar-refractivity contribution in [2.75, 3.05) is 4.90 Å². The number of benzene rings is 13. The maximum atomic E-state index is 2.50. The molecule has 16 rings (SSSR count). The Morgan fingerprint density at radius 2 is 0.653 bits per heavy atom. The minimum Gasteiger partial charge on any atom is -0.310 e. The zero-order valence-electron chi connectivity index (χ0n) is 41.0. The first-order valence-corrected chi connectivity index (χ1v) is 26.1. The van der Waals surface area contributed by atoms with E-state index in [9.17, 15) is 0 Å². The molecule has 0 unspecified atom stereocenters. The Morgan fingerprint density at radius 3 is 1.27 bits per heavy atom. The first-order valence-electron chi connectivity index (χ1n) is 26.1. The van der Waals surface area contributed by atoms with Crippen LogP contribution in [0.1, 0.15) is 22.3 Å². The lowest BCUT2D eigenvalue weighted by Crippen LogP contribution is -2.26. The Kier molecular flexibility index (Phi) is 8.99. The van der Waals surface area contributed by atoms with Crippen LogP contribution < -0.4 is 4.90 Å². The molecule has 0 saturated heterocycles. The second kappa shape index (κ2) is 16.1. The molecule has 14 aromatic rings. The summed E-state index contributed by atoms with van der Waals surface area (Å²) in [6, 6.07) is 104. The highest BCUT2D eigenvalue weighted by Crippen LogP contribution is 2.63. The van der Waals surface area contributed by atoms with Crippen molar-refractivity contribution in [3.05, 3.63) is 301 Å². The Balaban J connectivity index is 0.834. The van der Waals surface area contributed by atoms with Crippen LogP contribution in [0.25, 0.3) is 104 Å². The number of aromatic nitrogens is 1. The second-order valence-corrected chi connectivity index (χ2v) is 20.3. The van der Waals surface area contributed by atoms with Crippen LogP contribution in [0.3, 0.4) is 0 Å². The van der Waals surface area contributed by atoms with Crippen LogP contribution in [0.2, 0.25) is 0 Å². The van der Waals surface area contributed by atoms with Gasteiger partial charge in [0.15, 0.2) is 0 Å². The molecular weight excluding hydrogens is 905 g/mol. The van der Waals surface area contributed by atoms with Gasteiger partial charge in [0.2, 0.25) is 0 Å². The molecule has 0 atom stereocenters. The van der Waals surface area contributed by atoms with Gasteiger partial charge in [0.25, 0.3) is 0 Å². The van der Waals surface area contributed by atoms with Crippen LogP contribution in [0.5, 0.6) is 0 Å². The van der Waals surface area contributed by atoms with Crippen molar-refractivity contribution in [2.24, 2.45) is 0 Å². The van der Waals surface area contributed by atoms with E-state index in [0.29, 0.717) is 0 Å². The quantitative estimate of drug-likeness (QED) is 0.151. The third kappa shape index (κ3) is 6.02. The van der Waals surface area contributed by atoms with Gasteiger partial charge in [0.05, 0.1) is 16.4 Å². The van der Waals surface area contributed by atoms with E-state index in [1.165, 1.54) is 127 Å². The summed E-state index contributed by atoms with van der Waals surface area (Å²) in [6.45, 7) is 0. The van der Waals surface area contributed by atoms with Gasteiger partial charge >= 0.3 is 0 Å². The molecule has 1 spiro atoms. The van der Waals surface area contributed by atoms with E-state index < -0.39 is 5.41 Å². The van der Waals surface area contributed by atoms with Crippen LogP contribution in [0, 0.1) is 0 Å². The fourth-order valence-corrected chi connectivity index (χ4v) is 13.4. The second-order valence-electron chi connectivity index (χ2n) is 20.3. The van der Waals surface area contributed by atoms with Crippen LogP contribution in [0.4, 0.5) is 17.1 Å². The van der Waals surface area contributed by atoms with Gasteiger partial charge in [-0.15, -0.1) is 0 Å². The zero-order valence-corrected chi connectivity index (χ0v) is 41.0. The van der Waals surface area contributed by atoms with Gasteiger partial charge in [-0.3, -0.25) is 0 Å². The van der Waals surface area contributed by atoms with Crippen molar-refractivity contribution < 1.29 is 0 Å². The molecule has 0 saturated carbocycles. The van der Waals surface area contributed by atoms with Crippen LogP contribution in [0.15, 0.2) is 279 Å². The van der Waals surface area contributed by atoms with Crippen molar-refractivity contribution >= 4 is 71.2 Å². The largest absolute Gasteiger partial charge is 0.310 e. The summed E-state index contributed by atoms with van der Waals surface area (Å²) in [4.78, 5) is 2.48. The van der Waals surface area contributed by atoms with Crippen molar-refractivity contribution in [3.8, 4) is 50.2 Å². The fourth-order valence-electron chi connectivity index (χ4n) is 13.4. The topological polar surface area (TPSA) is 8.17 Å². The number of hydrogen-bond acceptors (Lipinski definition) is 1. The average molecular weight is 951 g/mol. The summed E-state index contributed by atoms with van der Waals surface area (Å²) in [7, 11) is 0. The molecule has 13 aromatic carbocycles. The minimum absolute atomic E-state index is 0.456. The van der Waals surface area contributed by atoms with Gasteiger partial charge in [-0.2, -0.15) is 0 Å². The molecule has 2 nitrogen and oxygen atoms in total. The van der Waals surface area contributed by atoms with Crippen LogP contribution >= 0.6 is 0 Å². The van der Waals surface area contributed by atoms with Gasteiger partial charge in [0, 0.05) is 33.5 Å². The van der Waals surface area contributed by atoms with Gasteiger partial charge in [-0.05, 0) is 166 Å². The number of rotatable bonds is 6. The van der Waals surface area contributed by atoms with Crippen LogP contribution in [-0.2, 0) is 5.41 Å². The van der Waals surface area contributed by atoms with E-state index in [-0.39, 0.29) is 0 Å². The highest BCUT2D eigenvalue weighted by atomic mass is 15.1. The molecule has 2 aliphatic carbocycles. The molecule has 0 radical (unpaired) electrons. The third-order valence-corrected chi connectivity index (χ3v) is 16.6. The third-order valence-electron chi connectivity index (χ3n) is 16.6. The number of hydrogen-bond donors (Lipinski definition) is 0. The number of anilines is 3. The van der Waals surface area contributed by atoms with E-state index in [1.54, 1.807) is 0 Å². The summed E-state index contributed by atoms with van der Waals surface area (Å²) in [5, 5.41) is 10.1. The SMILES string of the molecule is c1ccc(-n2c3ccccc3c3cc(-c4ccc(-c5ccc(N(c6ccc7c(c6)C6(c8ccccc8-c8ccccc86)c6ccccc6-7)c6ccc7c8ccccc8c8ccccc8c7c6)cc5)cc4)ccc32)cc1. The maximum Gasteiger partial charge on any atom is 0.0726 e. The summed E-state index contributed by atoms with van der Waals surface area (Å²) >= 11 is 0. The fraction of sp³-hybridized carbons (Fsp3) is 0.0137. The van der Waals surface area contributed by atoms with Crippen molar-refractivity contribution in [2.45, 2.75) is 5.41 Å². The number of nitrogens with zero attached hydrogens (tertiary/aromatic N) is 2. The van der Waals surface area contributed by atoms with E-state index in [4.69, 9.17) is 0 Å². The Morgan fingerprint density at radius 1 is 0.240 bits per heavy atom. The first kappa shape index (κ1) is 41.8. The lowest BCUT2D eigenvalue weighted by molar-refractivity contribution is 0.793. The summed E-state index contributed by atoms with van der Waals surface area (Å²) in [6.07, 6.45) is 0. The van der Waals surface area contributed by atoms with E-state index >= 15 is 0 Å². The number of fused-ring (bicyclic) bond motifs is 19. The summed E-state index contributed by atoms with van der Waals surface area (Å²) < 4.78 is 2.37. The monoisotopic (exact) mass is 950 g/mol. The van der Waals surface area contributed by atoms with E-state index in [0.717, 1.165) is 17.1 Å². The molecule has 348 valence electrons. The Hall–Kier alpha value is -9.76. The zero-order chi connectivity index (χ0) is 49.2. The van der Waals surface area contributed by atoms with Crippen molar-refractivity contribution in [1.82, 2.24) is 4.57 Å². The smallest absolute Gasteiger partial charge is 0.0726 e. The summed E-state index contributed by atoms with van der Waals surface area (Å²) in [5.41, 5.74) is 21.8. The maximum absolute atomic E-state index is 2.50. The molecule has 75 heavy (non-hydrogen) atoms. The molecule has 1 aromatic heterocycles. The lowest BCUT2D eigenvalue weighted by Gasteiger charge is -2.32. The molecule has 1 heterocycles. The molecule has 2 heteroatoms.